The smallest absolute Gasteiger partial charge is 0.0943 e. The molecule has 1 N–H and O–H groups in total. The Bertz CT molecular complexity index is 302. The molecule has 1 heterocycles. The molecule has 2 heteroatoms. The van der Waals surface area contributed by atoms with Crippen LogP contribution in [-0.2, 0) is 10.3 Å². The summed E-state index contributed by atoms with van der Waals surface area (Å²) in [5.41, 5.74) is 1.28. The Kier molecular flexibility index (Phi) is 3.97. The third-order valence-electron chi connectivity index (χ3n) is 3.36. The van der Waals surface area contributed by atoms with E-state index in [4.69, 9.17) is 4.74 Å². The fourth-order valence-corrected chi connectivity index (χ4v) is 2.57. The van der Waals surface area contributed by atoms with Crippen LogP contribution in [0.25, 0.3) is 0 Å². The average Bonchev–Trinajstić information content (AvgIpc) is 2.57. The summed E-state index contributed by atoms with van der Waals surface area (Å²) < 4.78 is 6.10. The van der Waals surface area contributed by atoms with Crippen molar-refractivity contribution in [2.45, 2.75) is 31.8 Å². The molecule has 1 aliphatic heterocycles. The number of hydrogen-bond acceptors (Lipinski definition) is 2. The van der Waals surface area contributed by atoms with Crippen molar-refractivity contribution >= 4 is 0 Å². The standard InChI is InChI=1S/C14H21NO/c1-2-16-14(9-6-11-15-12-10-14)13-7-4-3-5-8-13/h3-5,7-8,15H,2,6,9-12H2,1H3/t14-/m1/s1. The molecule has 1 aromatic carbocycles. The lowest BCUT2D eigenvalue weighted by atomic mass is 9.86. The van der Waals surface area contributed by atoms with E-state index < -0.39 is 0 Å². The lowest BCUT2D eigenvalue weighted by molar-refractivity contribution is -0.0535. The zero-order chi connectivity index (χ0) is 11.3. The second-order valence-corrected chi connectivity index (χ2v) is 4.40. The second-order valence-electron chi connectivity index (χ2n) is 4.40. The van der Waals surface area contributed by atoms with Crippen LogP contribution in [0.4, 0.5) is 0 Å². The summed E-state index contributed by atoms with van der Waals surface area (Å²) in [6, 6.07) is 10.7. The van der Waals surface area contributed by atoms with E-state index in [0.29, 0.717) is 0 Å². The highest BCUT2D eigenvalue weighted by Crippen LogP contribution is 2.35. The molecule has 0 saturated carbocycles. The van der Waals surface area contributed by atoms with E-state index in [1.54, 1.807) is 0 Å². The van der Waals surface area contributed by atoms with Crippen LogP contribution < -0.4 is 5.32 Å². The molecule has 0 aliphatic carbocycles. The van der Waals surface area contributed by atoms with Crippen molar-refractivity contribution in [1.82, 2.24) is 5.32 Å². The third-order valence-corrected chi connectivity index (χ3v) is 3.36. The van der Waals surface area contributed by atoms with Gasteiger partial charge in [0.1, 0.15) is 0 Å². The first-order chi connectivity index (χ1) is 7.87. The molecule has 1 atom stereocenters. The van der Waals surface area contributed by atoms with Gasteiger partial charge < -0.3 is 10.1 Å². The van der Waals surface area contributed by atoms with Gasteiger partial charge in [-0.25, -0.2) is 0 Å². The Labute approximate surface area is 98.0 Å². The monoisotopic (exact) mass is 219 g/mol. The van der Waals surface area contributed by atoms with Gasteiger partial charge in [-0.1, -0.05) is 30.3 Å². The maximum Gasteiger partial charge on any atom is 0.0943 e. The summed E-state index contributed by atoms with van der Waals surface area (Å²) in [5, 5.41) is 3.45. The number of ether oxygens (including phenoxy) is 1. The zero-order valence-electron chi connectivity index (χ0n) is 10.0. The molecular weight excluding hydrogens is 198 g/mol. The summed E-state index contributed by atoms with van der Waals surface area (Å²) in [6.45, 7) is 5.04. The summed E-state index contributed by atoms with van der Waals surface area (Å²) in [6.07, 6.45) is 3.39. The van der Waals surface area contributed by atoms with E-state index in [1.807, 2.05) is 0 Å². The molecular formula is C14H21NO. The minimum atomic E-state index is -0.0560. The minimum Gasteiger partial charge on any atom is -0.371 e. The fraction of sp³-hybridized carbons (Fsp3) is 0.571. The number of hydrogen-bond donors (Lipinski definition) is 1. The van der Waals surface area contributed by atoms with E-state index in [-0.39, 0.29) is 5.60 Å². The van der Waals surface area contributed by atoms with E-state index >= 15 is 0 Å². The first kappa shape index (κ1) is 11.6. The highest BCUT2D eigenvalue weighted by molar-refractivity contribution is 5.23. The fourth-order valence-electron chi connectivity index (χ4n) is 2.57. The van der Waals surface area contributed by atoms with Gasteiger partial charge in [0.05, 0.1) is 5.60 Å². The van der Waals surface area contributed by atoms with Gasteiger partial charge in [-0.3, -0.25) is 0 Å². The Morgan fingerprint density at radius 2 is 2.00 bits per heavy atom. The largest absolute Gasteiger partial charge is 0.371 e. The van der Waals surface area contributed by atoms with Gasteiger partial charge in [-0.05, 0) is 44.8 Å². The molecule has 1 aliphatic rings. The van der Waals surface area contributed by atoms with Crippen LogP contribution in [0.5, 0.6) is 0 Å². The summed E-state index contributed by atoms with van der Waals surface area (Å²) in [4.78, 5) is 0. The van der Waals surface area contributed by atoms with Gasteiger partial charge >= 0.3 is 0 Å². The molecule has 2 rings (SSSR count). The molecule has 0 radical (unpaired) electrons. The number of benzene rings is 1. The van der Waals surface area contributed by atoms with Crippen LogP contribution in [0.2, 0.25) is 0 Å². The molecule has 1 aromatic rings. The molecule has 0 amide bonds. The highest BCUT2D eigenvalue weighted by atomic mass is 16.5. The molecule has 0 aromatic heterocycles. The normalized spacial score (nSPS) is 26.3. The lowest BCUT2D eigenvalue weighted by Gasteiger charge is -2.33. The Morgan fingerprint density at radius 1 is 1.19 bits per heavy atom. The Morgan fingerprint density at radius 3 is 2.75 bits per heavy atom. The van der Waals surface area contributed by atoms with E-state index in [9.17, 15) is 0 Å². The zero-order valence-corrected chi connectivity index (χ0v) is 10.0. The second kappa shape index (κ2) is 5.46. The maximum absolute atomic E-state index is 6.10. The van der Waals surface area contributed by atoms with Crippen LogP contribution in [0.15, 0.2) is 30.3 Å². The predicted molar refractivity (Wildman–Crippen MR) is 66.5 cm³/mol. The molecule has 16 heavy (non-hydrogen) atoms. The first-order valence-corrected chi connectivity index (χ1v) is 6.27. The van der Waals surface area contributed by atoms with Crippen molar-refractivity contribution < 1.29 is 4.74 Å². The third kappa shape index (κ3) is 2.45. The van der Waals surface area contributed by atoms with Crippen LogP contribution in [0, 0.1) is 0 Å². The van der Waals surface area contributed by atoms with Crippen molar-refractivity contribution in [2.75, 3.05) is 19.7 Å². The SMILES string of the molecule is CCO[C@]1(c2ccccc2)CCCNCC1. The Hall–Kier alpha value is -0.860. The summed E-state index contributed by atoms with van der Waals surface area (Å²) in [7, 11) is 0. The minimum absolute atomic E-state index is 0.0560. The Balaban J connectivity index is 2.26. The topological polar surface area (TPSA) is 21.3 Å². The molecule has 1 saturated heterocycles. The van der Waals surface area contributed by atoms with Gasteiger partial charge in [-0.15, -0.1) is 0 Å². The van der Waals surface area contributed by atoms with Gasteiger partial charge in [0.15, 0.2) is 0 Å². The van der Waals surface area contributed by atoms with Gasteiger partial charge in [0.25, 0.3) is 0 Å². The van der Waals surface area contributed by atoms with Crippen LogP contribution in [0.1, 0.15) is 31.7 Å². The summed E-state index contributed by atoms with van der Waals surface area (Å²) >= 11 is 0. The quantitative estimate of drug-likeness (QED) is 0.844. The molecule has 88 valence electrons. The van der Waals surface area contributed by atoms with Gasteiger partial charge in [-0.2, -0.15) is 0 Å². The number of nitrogens with one attached hydrogen (secondary N) is 1. The number of rotatable bonds is 3. The maximum atomic E-state index is 6.10. The predicted octanol–water partition coefficient (Wildman–Crippen LogP) is 2.69. The average molecular weight is 219 g/mol. The molecule has 0 unspecified atom stereocenters. The van der Waals surface area contributed by atoms with Gasteiger partial charge in [0.2, 0.25) is 0 Å². The van der Waals surface area contributed by atoms with E-state index in [2.05, 4.69) is 42.6 Å². The lowest BCUT2D eigenvalue weighted by Crippen LogP contribution is -2.31. The molecule has 0 bridgehead atoms. The van der Waals surface area contributed by atoms with E-state index in [0.717, 1.165) is 32.5 Å². The van der Waals surface area contributed by atoms with Crippen LogP contribution in [-0.4, -0.2) is 19.7 Å². The molecule has 1 fully saturated rings. The molecule has 0 spiro atoms. The van der Waals surface area contributed by atoms with Crippen molar-refractivity contribution in [3.05, 3.63) is 35.9 Å². The van der Waals surface area contributed by atoms with Crippen molar-refractivity contribution in [3.8, 4) is 0 Å². The van der Waals surface area contributed by atoms with Crippen molar-refractivity contribution in [2.24, 2.45) is 0 Å². The molecule has 2 nitrogen and oxygen atoms in total. The first-order valence-electron chi connectivity index (χ1n) is 6.27. The highest BCUT2D eigenvalue weighted by Gasteiger charge is 2.32. The van der Waals surface area contributed by atoms with Crippen molar-refractivity contribution in [1.29, 1.82) is 0 Å². The van der Waals surface area contributed by atoms with E-state index in [1.165, 1.54) is 12.0 Å². The summed E-state index contributed by atoms with van der Waals surface area (Å²) in [5.74, 6) is 0. The van der Waals surface area contributed by atoms with Crippen LogP contribution in [0.3, 0.4) is 0 Å². The van der Waals surface area contributed by atoms with Gasteiger partial charge in [0, 0.05) is 6.61 Å². The van der Waals surface area contributed by atoms with Crippen LogP contribution >= 0.6 is 0 Å². The van der Waals surface area contributed by atoms with Crippen molar-refractivity contribution in [3.63, 3.8) is 0 Å².